The maximum absolute atomic E-state index is 13.7. The Bertz CT molecular complexity index is 690. The first-order chi connectivity index (χ1) is 9.51. The second-order valence-electron chi connectivity index (χ2n) is 3.78. The molecule has 0 unspecified atom stereocenters. The third kappa shape index (κ3) is 2.92. The van der Waals surface area contributed by atoms with E-state index in [2.05, 4.69) is 0 Å². The van der Waals surface area contributed by atoms with Crippen LogP contribution in [-0.2, 0) is 0 Å². The molecule has 0 atom stereocenters. The Balaban J connectivity index is 2.39. The smallest absolute Gasteiger partial charge is 0.313 e. The lowest BCUT2D eigenvalue weighted by molar-refractivity contribution is -0.385. The summed E-state index contributed by atoms with van der Waals surface area (Å²) in [5, 5.41) is 11.0. The Morgan fingerprint density at radius 2 is 1.90 bits per heavy atom. The van der Waals surface area contributed by atoms with Crippen LogP contribution in [0.5, 0.6) is 11.5 Å². The van der Waals surface area contributed by atoms with E-state index in [0.29, 0.717) is 6.29 Å². The van der Waals surface area contributed by atoms with Gasteiger partial charge in [-0.15, -0.1) is 0 Å². The van der Waals surface area contributed by atoms with Crippen molar-refractivity contribution in [3.8, 4) is 11.5 Å². The zero-order valence-corrected chi connectivity index (χ0v) is 10.6. The van der Waals surface area contributed by atoms with Crippen LogP contribution >= 0.6 is 11.6 Å². The normalized spacial score (nSPS) is 10.1. The number of ether oxygens (including phenoxy) is 1. The van der Waals surface area contributed by atoms with E-state index in [-0.39, 0.29) is 27.8 Å². The van der Waals surface area contributed by atoms with E-state index in [4.69, 9.17) is 16.3 Å². The summed E-state index contributed by atoms with van der Waals surface area (Å²) in [4.78, 5) is 20.7. The number of aldehydes is 1. The average molecular weight is 296 g/mol. The number of hydrogen-bond acceptors (Lipinski definition) is 4. The van der Waals surface area contributed by atoms with Crippen LogP contribution in [0.4, 0.5) is 10.1 Å². The summed E-state index contributed by atoms with van der Waals surface area (Å²) in [6, 6.07) is 7.30. The van der Waals surface area contributed by atoms with Crippen molar-refractivity contribution in [2.45, 2.75) is 0 Å². The highest BCUT2D eigenvalue weighted by Crippen LogP contribution is 2.34. The molecular formula is C13H7ClFNO4. The third-order valence-corrected chi connectivity index (χ3v) is 2.66. The van der Waals surface area contributed by atoms with Gasteiger partial charge in [0, 0.05) is 16.7 Å². The fraction of sp³-hybridized carbons (Fsp3) is 0. The van der Waals surface area contributed by atoms with Crippen molar-refractivity contribution in [1.82, 2.24) is 0 Å². The molecule has 0 bridgehead atoms. The molecular weight excluding hydrogens is 289 g/mol. The first-order valence-corrected chi connectivity index (χ1v) is 5.75. The number of nitro benzene ring substituents is 1. The summed E-state index contributed by atoms with van der Waals surface area (Å²) in [6.45, 7) is 0. The van der Waals surface area contributed by atoms with Gasteiger partial charge in [0.05, 0.1) is 4.92 Å². The lowest BCUT2D eigenvalue weighted by Gasteiger charge is -2.07. The Morgan fingerprint density at radius 3 is 2.50 bits per heavy atom. The molecule has 0 aliphatic carbocycles. The predicted molar refractivity (Wildman–Crippen MR) is 70.0 cm³/mol. The summed E-state index contributed by atoms with van der Waals surface area (Å²) in [7, 11) is 0. The molecule has 102 valence electrons. The number of nitrogens with zero attached hydrogens (tertiary/aromatic N) is 1. The summed E-state index contributed by atoms with van der Waals surface area (Å²) in [5.74, 6) is -1.16. The first kappa shape index (κ1) is 14.0. The minimum Gasteiger partial charge on any atom is -0.447 e. The van der Waals surface area contributed by atoms with E-state index in [1.165, 1.54) is 24.3 Å². The van der Waals surface area contributed by atoms with Crippen molar-refractivity contribution < 1.29 is 18.8 Å². The summed E-state index contributed by atoms with van der Waals surface area (Å²) < 4.78 is 18.8. The van der Waals surface area contributed by atoms with Gasteiger partial charge in [0.1, 0.15) is 6.29 Å². The molecule has 0 fully saturated rings. The fourth-order valence-corrected chi connectivity index (χ4v) is 1.68. The molecule has 0 radical (unpaired) electrons. The van der Waals surface area contributed by atoms with E-state index in [0.717, 1.165) is 12.1 Å². The minimum absolute atomic E-state index is 0.139. The second kappa shape index (κ2) is 5.66. The van der Waals surface area contributed by atoms with E-state index in [9.17, 15) is 19.3 Å². The van der Waals surface area contributed by atoms with Crippen molar-refractivity contribution in [1.29, 1.82) is 0 Å². The number of carbonyl (C=O) groups is 1. The highest BCUT2D eigenvalue weighted by Gasteiger charge is 2.17. The zero-order chi connectivity index (χ0) is 14.7. The molecule has 0 spiro atoms. The molecule has 0 aliphatic heterocycles. The number of rotatable bonds is 4. The van der Waals surface area contributed by atoms with Crippen molar-refractivity contribution in [3.63, 3.8) is 0 Å². The van der Waals surface area contributed by atoms with Crippen molar-refractivity contribution in [2.24, 2.45) is 0 Å². The van der Waals surface area contributed by atoms with E-state index < -0.39 is 10.7 Å². The van der Waals surface area contributed by atoms with Crippen molar-refractivity contribution in [3.05, 3.63) is 62.9 Å². The van der Waals surface area contributed by atoms with Gasteiger partial charge < -0.3 is 4.74 Å². The van der Waals surface area contributed by atoms with Gasteiger partial charge in [-0.25, -0.2) is 4.39 Å². The molecule has 0 N–H and O–H groups in total. The van der Waals surface area contributed by atoms with Gasteiger partial charge in [-0.1, -0.05) is 11.6 Å². The molecule has 7 heteroatoms. The van der Waals surface area contributed by atoms with Crippen LogP contribution in [0, 0.1) is 15.9 Å². The van der Waals surface area contributed by atoms with Gasteiger partial charge in [-0.05, 0) is 30.3 Å². The lowest BCUT2D eigenvalue weighted by Crippen LogP contribution is -1.95. The molecule has 2 rings (SSSR count). The molecule has 2 aromatic rings. The Hall–Kier alpha value is -2.47. The van der Waals surface area contributed by atoms with Gasteiger partial charge in [0.25, 0.3) is 0 Å². The van der Waals surface area contributed by atoms with Crippen LogP contribution in [0.2, 0.25) is 5.02 Å². The predicted octanol–water partition coefficient (Wildman–Crippen LogP) is 3.99. The van der Waals surface area contributed by atoms with Crippen LogP contribution in [0.15, 0.2) is 36.4 Å². The number of hydrogen-bond donors (Lipinski definition) is 0. The molecule has 0 heterocycles. The monoisotopic (exact) mass is 295 g/mol. The van der Waals surface area contributed by atoms with E-state index in [1.54, 1.807) is 0 Å². The fourth-order valence-electron chi connectivity index (χ4n) is 1.51. The highest BCUT2D eigenvalue weighted by molar-refractivity contribution is 6.30. The van der Waals surface area contributed by atoms with Gasteiger partial charge in [0.15, 0.2) is 11.6 Å². The minimum atomic E-state index is -0.793. The molecule has 0 aliphatic rings. The van der Waals surface area contributed by atoms with Gasteiger partial charge >= 0.3 is 5.69 Å². The van der Waals surface area contributed by atoms with Crippen LogP contribution in [0.25, 0.3) is 0 Å². The van der Waals surface area contributed by atoms with Gasteiger partial charge in [-0.2, -0.15) is 0 Å². The molecule has 0 amide bonds. The molecule has 5 nitrogen and oxygen atoms in total. The summed E-state index contributed by atoms with van der Waals surface area (Å²) in [5.41, 5.74) is -0.239. The van der Waals surface area contributed by atoms with Crippen molar-refractivity contribution in [2.75, 3.05) is 0 Å². The second-order valence-corrected chi connectivity index (χ2v) is 4.22. The summed E-state index contributed by atoms with van der Waals surface area (Å²) in [6.07, 6.45) is 0.484. The molecule has 2 aromatic carbocycles. The average Bonchev–Trinajstić information content (AvgIpc) is 2.42. The lowest BCUT2D eigenvalue weighted by atomic mass is 10.2. The summed E-state index contributed by atoms with van der Waals surface area (Å²) >= 11 is 5.66. The largest absolute Gasteiger partial charge is 0.447 e. The molecule has 0 saturated heterocycles. The molecule has 0 aromatic heterocycles. The van der Waals surface area contributed by atoms with Gasteiger partial charge in [-0.3, -0.25) is 14.9 Å². The number of carbonyl (C=O) groups excluding carboxylic acids is 1. The zero-order valence-electron chi connectivity index (χ0n) is 9.88. The number of benzene rings is 2. The van der Waals surface area contributed by atoms with Crippen LogP contribution in [0.3, 0.4) is 0 Å². The third-order valence-electron chi connectivity index (χ3n) is 2.43. The first-order valence-electron chi connectivity index (χ1n) is 5.38. The topological polar surface area (TPSA) is 69.4 Å². The van der Waals surface area contributed by atoms with Gasteiger partial charge in [0.2, 0.25) is 5.75 Å². The molecule has 20 heavy (non-hydrogen) atoms. The van der Waals surface area contributed by atoms with Crippen LogP contribution in [0.1, 0.15) is 10.4 Å². The highest BCUT2D eigenvalue weighted by atomic mass is 35.5. The molecule has 0 saturated carbocycles. The van der Waals surface area contributed by atoms with Crippen molar-refractivity contribution >= 4 is 23.6 Å². The van der Waals surface area contributed by atoms with Crippen LogP contribution < -0.4 is 4.74 Å². The number of nitro groups is 1. The maximum atomic E-state index is 13.7. The van der Waals surface area contributed by atoms with E-state index >= 15 is 0 Å². The standard InChI is InChI=1S/C13H7ClFNO4/c14-9-2-4-13(11(6-9)16(18)19)20-12-3-1-8(7-17)5-10(12)15/h1-7H. The number of halogens is 2. The van der Waals surface area contributed by atoms with Crippen LogP contribution in [-0.4, -0.2) is 11.2 Å². The van der Waals surface area contributed by atoms with E-state index in [1.807, 2.05) is 0 Å². The Labute approximate surface area is 117 Å². The SMILES string of the molecule is O=Cc1ccc(Oc2ccc(Cl)cc2[N+](=O)[O-])c(F)c1. The Kier molecular flexibility index (Phi) is 3.95. The quantitative estimate of drug-likeness (QED) is 0.486. The maximum Gasteiger partial charge on any atom is 0.313 e. The Morgan fingerprint density at radius 1 is 1.20 bits per heavy atom.